The fourth-order valence-electron chi connectivity index (χ4n) is 2.36. The van der Waals surface area contributed by atoms with Gasteiger partial charge in [-0.3, -0.25) is 9.69 Å². The van der Waals surface area contributed by atoms with E-state index >= 15 is 0 Å². The zero-order chi connectivity index (χ0) is 19.3. The topological polar surface area (TPSA) is 82.9 Å². The van der Waals surface area contributed by atoms with E-state index in [2.05, 4.69) is 5.32 Å². The number of nitrogens with one attached hydrogen (secondary N) is 1. The molecule has 0 saturated heterocycles. The van der Waals surface area contributed by atoms with Crippen LogP contribution in [-0.2, 0) is 14.8 Å². The van der Waals surface area contributed by atoms with Crippen molar-refractivity contribution in [3.05, 3.63) is 54.2 Å². The van der Waals surface area contributed by atoms with Crippen molar-refractivity contribution in [3.8, 4) is 0 Å². The van der Waals surface area contributed by atoms with Crippen LogP contribution in [0.3, 0.4) is 0 Å². The summed E-state index contributed by atoms with van der Waals surface area (Å²) in [6.07, 6.45) is 1.55. The van der Waals surface area contributed by atoms with Crippen LogP contribution in [0.15, 0.2) is 52.0 Å². The van der Waals surface area contributed by atoms with E-state index in [1.54, 1.807) is 12.3 Å². The normalized spacial score (nSPS) is 13.2. The Morgan fingerprint density at radius 3 is 2.38 bits per heavy atom. The van der Waals surface area contributed by atoms with Crippen LogP contribution in [-0.4, -0.2) is 57.8 Å². The molecule has 0 bridgehead atoms. The SMILES string of the molecule is CN(C)C(CNC(=O)CN(C)S(=O)(=O)c1ccc(F)cc1)c1ccco1. The van der Waals surface area contributed by atoms with Crippen LogP contribution in [0.5, 0.6) is 0 Å². The van der Waals surface area contributed by atoms with Crippen molar-refractivity contribution >= 4 is 15.9 Å². The average molecular weight is 383 g/mol. The van der Waals surface area contributed by atoms with E-state index in [-0.39, 0.29) is 24.0 Å². The molecule has 0 aliphatic heterocycles. The number of rotatable bonds is 8. The summed E-state index contributed by atoms with van der Waals surface area (Å²) < 4.78 is 44.1. The lowest BCUT2D eigenvalue weighted by atomic mass is 10.2. The molecule has 7 nitrogen and oxygen atoms in total. The Labute approximate surface area is 152 Å². The van der Waals surface area contributed by atoms with Gasteiger partial charge in [-0.1, -0.05) is 0 Å². The molecule has 0 aliphatic carbocycles. The van der Waals surface area contributed by atoms with Crippen molar-refractivity contribution in [1.82, 2.24) is 14.5 Å². The number of amides is 1. The molecule has 1 amide bonds. The van der Waals surface area contributed by atoms with Gasteiger partial charge in [0.1, 0.15) is 11.6 Å². The molecule has 0 aliphatic rings. The first-order valence-electron chi connectivity index (χ1n) is 7.90. The van der Waals surface area contributed by atoms with Crippen molar-refractivity contribution in [1.29, 1.82) is 0 Å². The van der Waals surface area contributed by atoms with E-state index in [0.29, 0.717) is 5.76 Å². The van der Waals surface area contributed by atoms with Gasteiger partial charge in [0.05, 0.1) is 23.7 Å². The molecule has 2 aromatic rings. The number of carbonyl (C=O) groups is 1. The van der Waals surface area contributed by atoms with Gasteiger partial charge in [-0.25, -0.2) is 12.8 Å². The van der Waals surface area contributed by atoms with Crippen molar-refractivity contribution < 1.29 is 22.0 Å². The summed E-state index contributed by atoms with van der Waals surface area (Å²) >= 11 is 0. The first-order chi connectivity index (χ1) is 12.2. The molecule has 142 valence electrons. The molecule has 0 radical (unpaired) electrons. The molecule has 1 aromatic heterocycles. The predicted octanol–water partition coefficient (Wildman–Crippen LogP) is 1.46. The van der Waals surface area contributed by atoms with Crippen LogP contribution >= 0.6 is 0 Å². The molecule has 26 heavy (non-hydrogen) atoms. The van der Waals surface area contributed by atoms with Gasteiger partial charge in [0.25, 0.3) is 0 Å². The maximum atomic E-state index is 13.0. The summed E-state index contributed by atoms with van der Waals surface area (Å²) in [7, 11) is 1.13. The minimum absolute atomic E-state index is 0.0732. The number of sulfonamides is 1. The molecule has 9 heteroatoms. The van der Waals surface area contributed by atoms with E-state index in [4.69, 9.17) is 4.42 Å². The summed E-state index contributed by atoms with van der Waals surface area (Å²) in [4.78, 5) is 14.0. The van der Waals surface area contributed by atoms with Crippen molar-refractivity contribution in [2.75, 3.05) is 34.2 Å². The minimum atomic E-state index is -3.87. The highest BCUT2D eigenvalue weighted by atomic mass is 32.2. The van der Waals surface area contributed by atoms with E-state index < -0.39 is 21.7 Å². The lowest BCUT2D eigenvalue weighted by molar-refractivity contribution is -0.121. The molecule has 0 spiro atoms. The van der Waals surface area contributed by atoms with Gasteiger partial charge in [-0.05, 0) is 50.5 Å². The summed E-state index contributed by atoms with van der Waals surface area (Å²) in [5.74, 6) is -0.281. The minimum Gasteiger partial charge on any atom is -0.468 e. The average Bonchev–Trinajstić information content (AvgIpc) is 3.09. The highest BCUT2D eigenvalue weighted by Gasteiger charge is 2.24. The Hall–Kier alpha value is -2.23. The Bertz CT molecular complexity index is 820. The molecule has 1 N–H and O–H groups in total. The Balaban J connectivity index is 1.97. The smallest absolute Gasteiger partial charge is 0.243 e. The molecule has 2 rings (SSSR count). The number of carbonyl (C=O) groups excluding carboxylic acids is 1. The number of likely N-dealkylation sites (N-methyl/N-ethyl adjacent to an activating group) is 2. The Morgan fingerprint density at radius 1 is 1.19 bits per heavy atom. The second-order valence-corrected chi connectivity index (χ2v) is 8.06. The van der Waals surface area contributed by atoms with Crippen LogP contribution in [0.4, 0.5) is 4.39 Å². The standard InChI is InChI=1S/C17H22FN3O4S/c1-20(2)15(16-5-4-10-25-16)11-19-17(22)12-21(3)26(23,24)14-8-6-13(18)7-9-14/h4-10,15H,11-12H2,1-3H3,(H,19,22). The summed E-state index contributed by atoms with van der Waals surface area (Å²) in [5, 5.41) is 2.71. The van der Waals surface area contributed by atoms with E-state index in [1.807, 2.05) is 25.1 Å². The maximum absolute atomic E-state index is 13.0. The van der Waals surface area contributed by atoms with Gasteiger partial charge in [0.15, 0.2) is 0 Å². The largest absolute Gasteiger partial charge is 0.468 e. The number of hydrogen-bond donors (Lipinski definition) is 1. The number of benzene rings is 1. The molecule has 1 aromatic carbocycles. The summed E-state index contributed by atoms with van der Waals surface area (Å²) in [5.41, 5.74) is 0. The number of halogens is 1. The van der Waals surface area contributed by atoms with Crippen LogP contribution in [0, 0.1) is 5.82 Å². The Kier molecular flexibility index (Phi) is 6.52. The molecule has 1 unspecified atom stereocenters. The van der Waals surface area contributed by atoms with Crippen LogP contribution in [0.2, 0.25) is 0 Å². The molecule has 0 fully saturated rings. The second-order valence-electron chi connectivity index (χ2n) is 6.01. The highest BCUT2D eigenvalue weighted by molar-refractivity contribution is 7.89. The fraction of sp³-hybridized carbons (Fsp3) is 0.353. The Morgan fingerprint density at radius 2 is 1.85 bits per heavy atom. The van der Waals surface area contributed by atoms with Crippen molar-refractivity contribution in [2.45, 2.75) is 10.9 Å². The van der Waals surface area contributed by atoms with Gasteiger partial charge >= 0.3 is 0 Å². The van der Waals surface area contributed by atoms with Crippen LogP contribution in [0.1, 0.15) is 11.8 Å². The quantitative estimate of drug-likeness (QED) is 0.746. The van der Waals surface area contributed by atoms with Gasteiger partial charge < -0.3 is 9.73 Å². The van der Waals surface area contributed by atoms with Gasteiger partial charge in [0, 0.05) is 13.6 Å². The third-order valence-corrected chi connectivity index (χ3v) is 5.69. The first-order valence-corrected chi connectivity index (χ1v) is 9.34. The number of hydrogen-bond acceptors (Lipinski definition) is 5. The predicted molar refractivity (Wildman–Crippen MR) is 94.4 cm³/mol. The third-order valence-electron chi connectivity index (χ3n) is 3.88. The summed E-state index contributed by atoms with van der Waals surface area (Å²) in [6, 6.07) is 7.85. The molecule has 0 saturated carbocycles. The molecular weight excluding hydrogens is 361 g/mol. The molecule has 1 heterocycles. The maximum Gasteiger partial charge on any atom is 0.243 e. The van der Waals surface area contributed by atoms with Crippen LogP contribution < -0.4 is 5.32 Å². The van der Waals surface area contributed by atoms with E-state index in [9.17, 15) is 17.6 Å². The van der Waals surface area contributed by atoms with E-state index in [0.717, 1.165) is 28.6 Å². The monoisotopic (exact) mass is 383 g/mol. The third kappa shape index (κ3) is 4.90. The molecule has 1 atom stereocenters. The van der Waals surface area contributed by atoms with E-state index in [1.165, 1.54) is 7.05 Å². The van der Waals surface area contributed by atoms with Crippen molar-refractivity contribution in [3.63, 3.8) is 0 Å². The number of nitrogens with zero attached hydrogens (tertiary/aromatic N) is 2. The zero-order valence-corrected chi connectivity index (χ0v) is 15.7. The van der Waals surface area contributed by atoms with Gasteiger partial charge in [-0.2, -0.15) is 4.31 Å². The second kappa shape index (κ2) is 8.43. The van der Waals surface area contributed by atoms with Gasteiger partial charge in [-0.15, -0.1) is 0 Å². The highest BCUT2D eigenvalue weighted by Crippen LogP contribution is 2.18. The van der Waals surface area contributed by atoms with Crippen molar-refractivity contribution in [2.24, 2.45) is 0 Å². The lowest BCUT2D eigenvalue weighted by Crippen LogP contribution is -2.41. The molecular formula is C17H22FN3O4S. The first kappa shape index (κ1) is 20.1. The van der Waals surface area contributed by atoms with Crippen LogP contribution in [0.25, 0.3) is 0 Å². The zero-order valence-electron chi connectivity index (χ0n) is 14.8. The number of furan rings is 1. The van der Waals surface area contributed by atoms with Gasteiger partial charge in [0.2, 0.25) is 15.9 Å². The lowest BCUT2D eigenvalue weighted by Gasteiger charge is -2.23. The fourth-order valence-corrected chi connectivity index (χ4v) is 3.49. The summed E-state index contributed by atoms with van der Waals surface area (Å²) in [6.45, 7) is -0.0816.